The molecule has 0 unspecified atom stereocenters. The third kappa shape index (κ3) is 2.21. The number of hydrogen-bond acceptors (Lipinski definition) is 2. The third-order valence-corrected chi connectivity index (χ3v) is 2.03. The molecule has 0 amide bonds. The summed E-state index contributed by atoms with van der Waals surface area (Å²) < 4.78 is 0. The molecule has 0 saturated carbocycles. The second-order valence-corrected chi connectivity index (χ2v) is 3.25. The van der Waals surface area contributed by atoms with Gasteiger partial charge < -0.3 is 10.8 Å². The van der Waals surface area contributed by atoms with Crippen molar-refractivity contribution in [3.05, 3.63) is 34.9 Å². The summed E-state index contributed by atoms with van der Waals surface area (Å²) in [7, 11) is 0. The molecule has 0 radical (unpaired) electrons. The van der Waals surface area contributed by atoms with E-state index in [0.29, 0.717) is 5.02 Å². The second-order valence-electron chi connectivity index (χ2n) is 2.82. The zero-order valence-corrected chi connectivity index (χ0v) is 7.62. The van der Waals surface area contributed by atoms with Crippen molar-refractivity contribution in [1.29, 1.82) is 0 Å². The maximum Gasteiger partial charge on any atom is 0.0704 e. The first-order valence-electron chi connectivity index (χ1n) is 3.80. The first-order chi connectivity index (χ1) is 5.61. The van der Waals surface area contributed by atoms with Crippen LogP contribution in [0.2, 0.25) is 5.02 Å². The lowest BCUT2D eigenvalue weighted by Gasteiger charge is -2.14. The highest BCUT2D eigenvalue weighted by Gasteiger charge is 2.10. The van der Waals surface area contributed by atoms with E-state index in [1.807, 2.05) is 12.1 Å². The number of aliphatic hydroxyl groups excluding tert-OH is 1. The molecule has 0 saturated heterocycles. The molecule has 0 spiro atoms. The Morgan fingerprint density at radius 2 is 1.83 bits per heavy atom. The van der Waals surface area contributed by atoms with Gasteiger partial charge in [0.05, 0.1) is 12.1 Å². The average molecular weight is 186 g/mol. The normalized spacial score (nSPS) is 15.7. The summed E-state index contributed by atoms with van der Waals surface area (Å²) in [5.74, 6) is 0. The van der Waals surface area contributed by atoms with Crippen LogP contribution in [0, 0.1) is 0 Å². The van der Waals surface area contributed by atoms with Crippen molar-refractivity contribution in [1.82, 2.24) is 0 Å². The number of nitrogens with two attached hydrogens (primary N) is 1. The summed E-state index contributed by atoms with van der Waals surface area (Å²) in [5.41, 5.74) is 6.59. The number of aliphatic hydroxyl groups is 1. The fourth-order valence-electron chi connectivity index (χ4n) is 0.964. The smallest absolute Gasteiger partial charge is 0.0704 e. The molecule has 1 aromatic rings. The molecule has 2 nitrogen and oxygen atoms in total. The Bertz CT molecular complexity index is 245. The van der Waals surface area contributed by atoms with Crippen LogP contribution in [-0.2, 0) is 0 Å². The van der Waals surface area contributed by atoms with E-state index in [2.05, 4.69) is 0 Å². The summed E-state index contributed by atoms with van der Waals surface area (Å²) in [4.78, 5) is 0. The predicted octanol–water partition coefficient (Wildman–Crippen LogP) is 1.72. The van der Waals surface area contributed by atoms with Crippen molar-refractivity contribution in [2.45, 2.75) is 19.1 Å². The van der Waals surface area contributed by atoms with Gasteiger partial charge in [0.15, 0.2) is 0 Å². The van der Waals surface area contributed by atoms with Gasteiger partial charge in [0, 0.05) is 5.02 Å². The van der Waals surface area contributed by atoms with Crippen LogP contribution < -0.4 is 5.73 Å². The molecule has 12 heavy (non-hydrogen) atoms. The van der Waals surface area contributed by atoms with Gasteiger partial charge in [0.25, 0.3) is 0 Å². The summed E-state index contributed by atoms with van der Waals surface area (Å²) in [5, 5.41) is 9.86. The SMILES string of the molecule is C[C@H](O)[C@@H](N)c1ccc(Cl)cc1. The van der Waals surface area contributed by atoms with Crippen LogP contribution in [0.15, 0.2) is 24.3 Å². The van der Waals surface area contributed by atoms with E-state index in [9.17, 15) is 5.11 Å². The van der Waals surface area contributed by atoms with Crippen molar-refractivity contribution in [2.24, 2.45) is 5.73 Å². The van der Waals surface area contributed by atoms with E-state index in [4.69, 9.17) is 17.3 Å². The highest BCUT2D eigenvalue weighted by atomic mass is 35.5. The van der Waals surface area contributed by atoms with Gasteiger partial charge in [-0.05, 0) is 24.6 Å². The van der Waals surface area contributed by atoms with Crippen LogP contribution in [0.3, 0.4) is 0 Å². The number of halogens is 1. The van der Waals surface area contributed by atoms with E-state index in [1.54, 1.807) is 19.1 Å². The molecule has 0 bridgehead atoms. The minimum Gasteiger partial charge on any atom is -0.391 e. The predicted molar refractivity (Wildman–Crippen MR) is 50.1 cm³/mol. The topological polar surface area (TPSA) is 46.2 Å². The minimum absolute atomic E-state index is 0.331. The lowest BCUT2D eigenvalue weighted by molar-refractivity contribution is 0.164. The Balaban J connectivity index is 2.82. The monoisotopic (exact) mass is 185 g/mol. The Labute approximate surface area is 77.0 Å². The lowest BCUT2D eigenvalue weighted by atomic mass is 10.0. The zero-order valence-electron chi connectivity index (χ0n) is 6.87. The molecule has 1 aromatic carbocycles. The van der Waals surface area contributed by atoms with Crippen LogP contribution in [-0.4, -0.2) is 11.2 Å². The first-order valence-corrected chi connectivity index (χ1v) is 4.18. The van der Waals surface area contributed by atoms with Crippen molar-refractivity contribution in [3.8, 4) is 0 Å². The molecule has 66 valence electrons. The van der Waals surface area contributed by atoms with Crippen molar-refractivity contribution in [3.63, 3.8) is 0 Å². The van der Waals surface area contributed by atoms with Gasteiger partial charge in [-0.1, -0.05) is 23.7 Å². The highest BCUT2D eigenvalue weighted by molar-refractivity contribution is 6.30. The fraction of sp³-hybridized carbons (Fsp3) is 0.333. The molecule has 0 heterocycles. The fourth-order valence-corrected chi connectivity index (χ4v) is 1.09. The van der Waals surface area contributed by atoms with Crippen LogP contribution in [0.5, 0.6) is 0 Å². The molecular weight excluding hydrogens is 174 g/mol. The Morgan fingerprint density at radius 1 is 1.33 bits per heavy atom. The molecule has 0 aliphatic carbocycles. The molecule has 0 aliphatic heterocycles. The van der Waals surface area contributed by atoms with Crippen LogP contribution >= 0.6 is 11.6 Å². The molecule has 2 atom stereocenters. The molecule has 0 aromatic heterocycles. The van der Waals surface area contributed by atoms with Crippen molar-refractivity contribution >= 4 is 11.6 Å². The average Bonchev–Trinajstić information content (AvgIpc) is 2.04. The summed E-state index contributed by atoms with van der Waals surface area (Å²) in [6, 6.07) is 6.83. The van der Waals surface area contributed by atoms with Gasteiger partial charge in [-0.15, -0.1) is 0 Å². The van der Waals surface area contributed by atoms with Gasteiger partial charge in [-0.2, -0.15) is 0 Å². The molecule has 3 N–H and O–H groups in total. The van der Waals surface area contributed by atoms with Gasteiger partial charge in [0.1, 0.15) is 0 Å². The Morgan fingerprint density at radius 3 is 2.25 bits per heavy atom. The summed E-state index contributed by atoms with van der Waals surface area (Å²) in [6.45, 7) is 1.67. The molecular formula is C9H12ClNO. The summed E-state index contributed by atoms with van der Waals surface area (Å²) in [6.07, 6.45) is -0.536. The van der Waals surface area contributed by atoms with Gasteiger partial charge in [-0.3, -0.25) is 0 Å². The quantitative estimate of drug-likeness (QED) is 0.737. The minimum atomic E-state index is -0.536. The van der Waals surface area contributed by atoms with Gasteiger partial charge in [-0.25, -0.2) is 0 Å². The van der Waals surface area contributed by atoms with E-state index in [-0.39, 0.29) is 6.04 Å². The number of benzene rings is 1. The van der Waals surface area contributed by atoms with Crippen LogP contribution in [0.1, 0.15) is 18.5 Å². The standard InChI is InChI=1S/C9H12ClNO/c1-6(12)9(11)7-2-4-8(10)5-3-7/h2-6,9,12H,11H2,1H3/t6-,9+/m0/s1. The number of rotatable bonds is 2. The first kappa shape index (κ1) is 9.52. The van der Waals surface area contributed by atoms with E-state index in [0.717, 1.165) is 5.56 Å². The lowest BCUT2D eigenvalue weighted by Crippen LogP contribution is -2.22. The maximum atomic E-state index is 9.19. The van der Waals surface area contributed by atoms with Crippen LogP contribution in [0.25, 0.3) is 0 Å². The van der Waals surface area contributed by atoms with E-state index in [1.165, 1.54) is 0 Å². The molecule has 1 rings (SSSR count). The van der Waals surface area contributed by atoms with Gasteiger partial charge in [0.2, 0.25) is 0 Å². The third-order valence-electron chi connectivity index (χ3n) is 1.77. The van der Waals surface area contributed by atoms with Crippen molar-refractivity contribution < 1.29 is 5.11 Å². The Hall–Kier alpha value is -0.570. The van der Waals surface area contributed by atoms with E-state index < -0.39 is 6.10 Å². The highest BCUT2D eigenvalue weighted by Crippen LogP contribution is 2.16. The molecule has 0 fully saturated rings. The second kappa shape index (κ2) is 3.90. The largest absolute Gasteiger partial charge is 0.391 e. The van der Waals surface area contributed by atoms with Crippen LogP contribution in [0.4, 0.5) is 0 Å². The van der Waals surface area contributed by atoms with E-state index >= 15 is 0 Å². The summed E-state index contributed by atoms with van der Waals surface area (Å²) >= 11 is 5.69. The number of hydrogen-bond donors (Lipinski definition) is 2. The van der Waals surface area contributed by atoms with Gasteiger partial charge >= 0.3 is 0 Å². The zero-order chi connectivity index (χ0) is 9.14. The Kier molecular flexibility index (Phi) is 3.09. The molecule has 0 aliphatic rings. The maximum absolute atomic E-state index is 9.19. The molecule has 3 heteroatoms. The van der Waals surface area contributed by atoms with Crippen molar-refractivity contribution in [2.75, 3.05) is 0 Å².